The Kier molecular flexibility index (Phi) is 4.19. The molecule has 0 aliphatic heterocycles. The molecule has 0 spiro atoms. The van der Waals surface area contributed by atoms with E-state index in [4.69, 9.17) is 11.6 Å². The van der Waals surface area contributed by atoms with Crippen molar-refractivity contribution in [2.75, 3.05) is 5.32 Å². The molecule has 94 valence electrons. The van der Waals surface area contributed by atoms with E-state index in [1.165, 1.54) is 6.07 Å². The van der Waals surface area contributed by atoms with Crippen LogP contribution in [0.4, 0.5) is 10.2 Å². The smallest absolute Gasteiger partial charge is 0.141 e. The molecule has 0 fully saturated rings. The van der Waals surface area contributed by atoms with Crippen molar-refractivity contribution in [3.63, 3.8) is 0 Å². The van der Waals surface area contributed by atoms with Crippen LogP contribution in [0.15, 0.2) is 34.9 Å². The van der Waals surface area contributed by atoms with Gasteiger partial charge in [0.15, 0.2) is 0 Å². The van der Waals surface area contributed by atoms with Gasteiger partial charge in [0.2, 0.25) is 0 Å². The maximum atomic E-state index is 13.0. The SMILES string of the molecule is Cc1cc(NCc2ccc(F)c(Cl)c2)ncc1Br. The number of aromatic nitrogens is 1. The number of halogens is 3. The van der Waals surface area contributed by atoms with Gasteiger partial charge in [0.25, 0.3) is 0 Å². The first-order chi connectivity index (χ1) is 8.56. The molecule has 0 amide bonds. The van der Waals surface area contributed by atoms with Crippen molar-refractivity contribution in [2.24, 2.45) is 0 Å². The number of nitrogens with one attached hydrogen (secondary N) is 1. The number of hydrogen-bond donors (Lipinski definition) is 1. The van der Waals surface area contributed by atoms with Crippen molar-refractivity contribution in [3.8, 4) is 0 Å². The van der Waals surface area contributed by atoms with Crippen molar-refractivity contribution >= 4 is 33.3 Å². The molecule has 2 aromatic rings. The summed E-state index contributed by atoms with van der Waals surface area (Å²) in [6, 6.07) is 6.60. The summed E-state index contributed by atoms with van der Waals surface area (Å²) in [5.41, 5.74) is 2.01. The van der Waals surface area contributed by atoms with Crippen molar-refractivity contribution < 1.29 is 4.39 Å². The van der Waals surface area contributed by atoms with Crippen LogP contribution in [0.5, 0.6) is 0 Å². The zero-order valence-corrected chi connectivity index (χ0v) is 12.0. The van der Waals surface area contributed by atoms with Crippen LogP contribution in [0, 0.1) is 12.7 Å². The Morgan fingerprint density at radius 1 is 1.39 bits per heavy atom. The molecule has 0 unspecified atom stereocenters. The molecule has 1 heterocycles. The molecule has 2 rings (SSSR count). The summed E-state index contributed by atoms with van der Waals surface area (Å²) in [6.45, 7) is 2.54. The van der Waals surface area contributed by atoms with Crippen LogP contribution in [0.2, 0.25) is 5.02 Å². The van der Waals surface area contributed by atoms with Gasteiger partial charge in [-0.15, -0.1) is 0 Å². The van der Waals surface area contributed by atoms with Gasteiger partial charge < -0.3 is 5.32 Å². The summed E-state index contributed by atoms with van der Waals surface area (Å²) in [4.78, 5) is 4.23. The largest absolute Gasteiger partial charge is 0.366 e. The highest BCUT2D eigenvalue weighted by Gasteiger charge is 2.02. The normalized spacial score (nSPS) is 10.4. The third-order valence-electron chi connectivity index (χ3n) is 2.50. The minimum Gasteiger partial charge on any atom is -0.366 e. The fraction of sp³-hybridized carbons (Fsp3) is 0.154. The average Bonchev–Trinajstić information content (AvgIpc) is 2.35. The molecular weight excluding hydrogens is 319 g/mol. The highest BCUT2D eigenvalue weighted by Crippen LogP contribution is 2.19. The zero-order valence-electron chi connectivity index (χ0n) is 9.67. The number of anilines is 1. The molecular formula is C13H11BrClFN2. The lowest BCUT2D eigenvalue weighted by Gasteiger charge is -2.07. The Hall–Kier alpha value is -1.13. The predicted molar refractivity (Wildman–Crippen MR) is 75.4 cm³/mol. The van der Waals surface area contributed by atoms with E-state index >= 15 is 0 Å². The standard InChI is InChI=1S/C13H11BrClFN2/c1-8-4-13(18-7-10(8)14)17-6-9-2-3-12(16)11(15)5-9/h2-5,7H,6H2,1H3,(H,17,18). The summed E-state index contributed by atoms with van der Waals surface area (Å²) in [6.07, 6.45) is 1.75. The molecule has 0 aliphatic rings. The predicted octanol–water partition coefficient (Wildman–Crippen LogP) is 4.56. The highest BCUT2D eigenvalue weighted by molar-refractivity contribution is 9.10. The summed E-state index contributed by atoms with van der Waals surface area (Å²) in [5, 5.41) is 3.30. The maximum Gasteiger partial charge on any atom is 0.141 e. The lowest BCUT2D eigenvalue weighted by Crippen LogP contribution is -2.01. The van der Waals surface area contributed by atoms with Crippen LogP contribution >= 0.6 is 27.5 Å². The van der Waals surface area contributed by atoms with E-state index in [2.05, 4.69) is 26.2 Å². The second kappa shape index (κ2) is 5.67. The van der Waals surface area contributed by atoms with Crippen molar-refractivity contribution in [1.82, 2.24) is 4.98 Å². The first-order valence-corrected chi connectivity index (χ1v) is 6.53. The molecule has 0 saturated heterocycles. The zero-order chi connectivity index (χ0) is 13.1. The Bertz CT molecular complexity index is 523. The summed E-state index contributed by atoms with van der Waals surface area (Å²) < 4.78 is 14.0. The number of aryl methyl sites for hydroxylation is 1. The van der Waals surface area contributed by atoms with Crippen molar-refractivity contribution in [1.29, 1.82) is 0 Å². The van der Waals surface area contributed by atoms with Gasteiger partial charge in [0, 0.05) is 17.2 Å². The fourth-order valence-electron chi connectivity index (χ4n) is 1.48. The van der Waals surface area contributed by atoms with Gasteiger partial charge in [-0.05, 0) is 52.2 Å². The van der Waals surface area contributed by atoms with Crippen molar-refractivity contribution in [2.45, 2.75) is 13.5 Å². The van der Waals surface area contributed by atoms with Gasteiger partial charge in [-0.2, -0.15) is 0 Å². The molecule has 0 bridgehead atoms. The lowest BCUT2D eigenvalue weighted by molar-refractivity contribution is 0.627. The van der Waals surface area contributed by atoms with Crippen LogP contribution < -0.4 is 5.32 Å². The summed E-state index contributed by atoms with van der Waals surface area (Å²) >= 11 is 9.11. The van der Waals surface area contributed by atoms with E-state index in [1.54, 1.807) is 18.3 Å². The second-order valence-corrected chi connectivity index (χ2v) is 5.18. The Balaban J connectivity index is 2.06. The topological polar surface area (TPSA) is 24.9 Å². The van der Waals surface area contributed by atoms with Gasteiger partial charge in [-0.1, -0.05) is 17.7 Å². The number of rotatable bonds is 3. The monoisotopic (exact) mass is 328 g/mol. The van der Waals surface area contributed by atoms with Gasteiger partial charge >= 0.3 is 0 Å². The van der Waals surface area contributed by atoms with E-state index in [-0.39, 0.29) is 5.02 Å². The van der Waals surface area contributed by atoms with Gasteiger partial charge in [-0.25, -0.2) is 9.37 Å². The van der Waals surface area contributed by atoms with Crippen LogP contribution in [0.25, 0.3) is 0 Å². The Labute approximate surface area is 118 Å². The Morgan fingerprint density at radius 3 is 2.83 bits per heavy atom. The molecule has 0 saturated carbocycles. The van der Waals surface area contributed by atoms with E-state index < -0.39 is 5.82 Å². The molecule has 0 radical (unpaired) electrons. The van der Waals surface area contributed by atoms with E-state index in [1.807, 2.05) is 13.0 Å². The molecule has 18 heavy (non-hydrogen) atoms. The number of benzene rings is 1. The average molecular weight is 330 g/mol. The third-order valence-corrected chi connectivity index (χ3v) is 3.62. The minimum absolute atomic E-state index is 0.134. The third kappa shape index (κ3) is 3.21. The van der Waals surface area contributed by atoms with E-state index in [9.17, 15) is 4.39 Å². The van der Waals surface area contributed by atoms with Crippen LogP contribution in [-0.4, -0.2) is 4.98 Å². The minimum atomic E-state index is -0.405. The number of hydrogen-bond acceptors (Lipinski definition) is 2. The van der Waals surface area contributed by atoms with E-state index in [0.29, 0.717) is 6.54 Å². The van der Waals surface area contributed by atoms with Crippen LogP contribution in [0.3, 0.4) is 0 Å². The fourth-order valence-corrected chi connectivity index (χ4v) is 1.90. The molecule has 1 N–H and O–H groups in total. The molecule has 5 heteroatoms. The first kappa shape index (κ1) is 13.3. The maximum absolute atomic E-state index is 13.0. The van der Waals surface area contributed by atoms with E-state index in [0.717, 1.165) is 21.4 Å². The quantitative estimate of drug-likeness (QED) is 0.893. The molecule has 2 nitrogen and oxygen atoms in total. The molecule has 1 aromatic heterocycles. The van der Waals surface area contributed by atoms with Gasteiger partial charge in [-0.3, -0.25) is 0 Å². The summed E-state index contributed by atoms with van der Waals surface area (Å²) in [7, 11) is 0. The molecule has 0 aliphatic carbocycles. The summed E-state index contributed by atoms with van der Waals surface area (Å²) in [5.74, 6) is 0.370. The highest BCUT2D eigenvalue weighted by atomic mass is 79.9. The van der Waals surface area contributed by atoms with Crippen LogP contribution in [0.1, 0.15) is 11.1 Å². The Morgan fingerprint density at radius 2 is 2.17 bits per heavy atom. The van der Waals surface area contributed by atoms with Gasteiger partial charge in [0.05, 0.1) is 5.02 Å². The van der Waals surface area contributed by atoms with Crippen LogP contribution in [-0.2, 0) is 6.54 Å². The number of pyridine rings is 1. The lowest BCUT2D eigenvalue weighted by atomic mass is 10.2. The van der Waals surface area contributed by atoms with Crippen molar-refractivity contribution in [3.05, 3.63) is 56.9 Å². The van der Waals surface area contributed by atoms with Gasteiger partial charge in [0.1, 0.15) is 11.6 Å². The second-order valence-electron chi connectivity index (χ2n) is 3.92. The number of nitrogens with zero attached hydrogens (tertiary/aromatic N) is 1. The first-order valence-electron chi connectivity index (χ1n) is 5.36. The molecule has 0 atom stereocenters. The molecule has 1 aromatic carbocycles.